The Morgan fingerprint density at radius 1 is 1.11 bits per heavy atom. The van der Waals surface area contributed by atoms with Crippen LogP contribution in [0, 0.1) is 0 Å². The maximum absolute atomic E-state index is 12.6. The molecule has 6 heteroatoms. The highest BCUT2D eigenvalue weighted by atomic mass is 79.9. The standard InChI is InChI=1S/C13H17BrF3NO/c14-11-6-5-10(13(15,16)17)9-12(11)18-7-3-1-2-4-8-19/h5-6,9,18-19H,1-4,7-8H2. The van der Waals surface area contributed by atoms with E-state index in [1.165, 1.54) is 6.07 Å². The molecule has 1 rings (SSSR count). The van der Waals surface area contributed by atoms with Gasteiger partial charge in [0.1, 0.15) is 0 Å². The minimum atomic E-state index is -4.32. The van der Waals surface area contributed by atoms with Gasteiger partial charge < -0.3 is 10.4 Å². The molecule has 0 unspecified atom stereocenters. The van der Waals surface area contributed by atoms with Crippen LogP contribution >= 0.6 is 15.9 Å². The fourth-order valence-corrected chi connectivity index (χ4v) is 2.04. The summed E-state index contributed by atoms with van der Waals surface area (Å²) in [5.74, 6) is 0. The number of benzene rings is 1. The first-order valence-electron chi connectivity index (χ1n) is 6.16. The van der Waals surface area contributed by atoms with Gasteiger partial charge in [0.2, 0.25) is 0 Å². The summed E-state index contributed by atoms with van der Waals surface area (Å²) in [4.78, 5) is 0. The van der Waals surface area contributed by atoms with E-state index in [4.69, 9.17) is 5.11 Å². The van der Waals surface area contributed by atoms with E-state index < -0.39 is 11.7 Å². The van der Waals surface area contributed by atoms with Gasteiger partial charge in [-0.25, -0.2) is 0 Å². The molecule has 2 nitrogen and oxygen atoms in total. The highest BCUT2D eigenvalue weighted by Crippen LogP contribution is 2.33. The van der Waals surface area contributed by atoms with Crippen molar-refractivity contribution in [1.29, 1.82) is 0 Å². The molecule has 0 spiro atoms. The average Bonchev–Trinajstić information content (AvgIpc) is 2.34. The van der Waals surface area contributed by atoms with E-state index in [2.05, 4.69) is 21.2 Å². The zero-order valence-corrected chi connectivity index (χ0v) is 12.0. The average molecular weight is 340 g/mol. The van der Waals surface area contributed by atoms with E-state index in [1.54, 1.807) is 0 Å². The van der Waals surface area contributed by atoms with Crippen LogP contribution in [0.2, 0.25) is 0 Å². The predicted octanol–water partition coefficient (Wildman–Crippen LogP) is 4.43. The third-order valence-corrected chi connectivity index (χ3v) is 3.39. The lowest BCUT2D eigenvalue weighted by molar-refractivity contribution is -0.137. The number of aliphatic hydroxyl groups excluding tert-OH is 1. The summed E-state index contributed by atoms with van der Waals surface area (Å²) in [5, 5.41) is 11.6. The fraction of sp³-hybridized carbons (Fsp3) is 0.538. The maximum atomic E-state index is 12.6. The highest BCUT2D eigenvalue weighted by Gasteiger charge is 2.30. The van der Waals surface area contributed by atoms with Crippen LogP contribution in [0.5, 0.6) is 0 Å². The van der Waals surface area contributed by atoms with Gasteiger partial charge in [0.05, 0.1) is 5.56 Å². The number of unbranched alkanes of at least 4 members (excludes halogenated alkanes) is 3. The maximum Gasteiger partial charge on any atom is 0.416 e. The van der Waals surface area contributed by atoms with E-state index in [0.29, 0.717) is 16.7 Å². The van der Waals surface area contributed by atoms with E-state index in [1.807, 2.05) is 0 Å². The fourth-order valence-electron chi connectivity index (χ4n) is 1.65. The lowest BCUT2D eigenvalue weighted by Gasteiger charge is -2.12. The molecule has 0 amide bonds. The van der Waals surface area contributed by atoms with Crippen LogP contribution in [0.15, 0.2) is 22.7 Å². The minimum Gasteiger partial charge on any atom is -0.396 e. The molecule has 1 aromatic rings. The number of aliphatic hydroxyl groups is 1. The molecule has 19 heavy (non-hydrogen) atoms. The van der Waals surface area contributed by atoms with E-state index in [0.717, 1.165) is 37.8 Å². The van der Waals surface area contributed by atoms with Crippen molar-refractivity contribution in [3.8, 4) is 0 Å². The zero-order valence-electron chi connectivity index (χ0n) is 10.4. The molecule has 0 aliphatic rings. The molecule has 0 saturated heterocycles. The number of alkyl halides is 3. The second kappa shape index (κ2) is 7.75. The van der Waals surface area contributed by atoms with Crippen LogP contribution in [-0.4, -0.2) is 18.3 Å². The van der Waals surface area contributed by atoms with Gasteiger partial charge in [0.15, 0.2) is 0 Å². The Kier molecular flexibility index (Phi) is 6.65. The van der Waals surface area contributed by atoms with Crippen LogP contribution in [0.25, 0.3) is 0 Å². The number of anilines is 1. The summed E-state index contributed by atoms with van der Waals surface area (Å²) >= 11 is 3.23. The molecule has 2 N–H and O–H groups in total. The summed E-state index contributed by atoms with van der Waals surface area (Å²) in [6, 6.07) is 3.56. The first kappa shape index (κ1) is 16.3. The largest absolute Gasteiger partial charge is 0.416 e. The zero-order chi connectivity index (χ0) is 14.3. The molecular formula is C13H17BrF3NO. The number of halogens is 4. The molecule has 0 radical (unpaired) electrons. The third kappa shape index (κ3) is 5.82. The predicted molar refractivity (Wildman–Crippen MR) is 73.2 cm³/mol. The van der Waals surface area contributed by atoms with Crippen molar-refractivity contribution < 1.29 is 18.3 Å². The molecule has 0 atom stereocenters. The Morgan fingerprint density at radius 2 is 1.79 bits per heavy atom. The molecule has 1 aromatic carbocycles. The molecule has 0 aromatic heterocycles. The Balaban J connectivity index is 2.49. The smallest absolute Gasteiger partial charge is 0.396 e. The second-order valence-electron chi connectivity index (χ2n) is 4.26. The third-order valence-electron chi connectivity index (χ3n) is 2.69. The van der Waals surface area contributed by atoms with Gasteiger partial charge >= 0.3 is 6.18 Å². The molecule has 108 valence electrons. The van der Waals surface area contributed by atoms with Crippen molar-refractivity contribution in [1.82, 2.24) is 0 Å². The van der Waals surface area contributed by atoms with Crippen molar-refractivity contribution >= 4 is 21.6 Å². The Bertz CT molecular complexity index is 396. The first-order valence-corrected chi connectivity index (χ1v) is 6.96. The summed E-state index contributed by atoms with van der Waals surface area (Å²) in [7, 11) is 0. The summed E-state index contributed by atoms with van der Waals surface area (Å²) < 4.78 is 38.3. The Morgan fingerprint density at radius 3 is 2.42 bits per heavy atom. The van der Waals surface area contributed by atoms with Crippen molar-refractivity contribution in [2.24, 2.45) is 0 Å². The number of hydrogen-bond acceptors (Lipinski definition) is 2. The topological polar surface area (TPSA) is 32.3 Å². The number of hydrogen-bond donors (Lipinski definition) is 2. The van der Waals surface area contributed by atoms with Crippen molar-refractivity contribution in [2.45, 2.75) is 31.9 Å². The normalized spacial score (nSPS) is 11.6. The lowest BCUT2D eigenvalue weighted by atomic mass is 10.1. The number of rotatable bonds is 7. The monoisotopic (exact) mass is 339 g/mol. The van der Waals surface area contributed by atoms with Gasteiger partial charge in [-0.3, -0.25) is 0 Å². The van der Waals surface area contributed by atoms with Gasteiger partial charge in [-0.1, -0.05) is 12.8 Å². The molecule has 0 fully saturated rings. The first-order chi connectivity index (χ1) is 8.95. The van der Waals surface area contributed by atoms with Gasteiger partial charge in [-0.2, -0.15) is 13.2 Å². The lowest BCUT2D eigenvalue weighted by Crippen LogP contribution is -2.07. The SMILES string of the molecule is OCCCCCCNc1cc(C(F)(F)F)ccc1Br. The van der Waals surface area contributed by atoms with E-state index in [9.17, 15) is 13.2 Å². The van der Waals surface area contributed by atoms with Crippen molar-refractivity contribution in [3.05, 3.63) is 28.2 Å². The van der Waals surface area contributed by atoms with Crippen LogP contribution < -0.4 is 5.32 Å². The highest BCUT2D eigenvalue weighted by molar-refractivity contribution is 9.10. The molecular weight excluding hydrogens is 323 g/mol. The molecule has 0 bridgehead atoms. The quantitative estimate of drug-likeness (QED) is 0.720. The van der Waals surface area contributed by atoms with Gasteiger partial charge in [0.25, 0.3) is 0 Å². The molecule has 0 aliphatic heterocycles. The minimum absolute atomic E-state index is 0.187. The van der Waals surface area contributed by atoms with Crippen LogP contribution in [0.1, 0.15) is 31.2 Å². The van der Waals surface area contributed by atoms with Gasteiger partial charge in [-0.15, -0.1) is 0 Å². The Hall–Kier alpha value is -0.750. The summed E-state index contributed by atoms with van der Waals surface area (Å²) in [5.41, 5.74) is -0.199. The Labute approximate surface area is 119 Å². The summed E-state index contributed by atoms with van der Waals surface area (Å²) in [6.45, 7) is 0.804. The number of nitrogens with one attached hydrogen (secondary N) is 1. The summed E-state index contributed by atoms with van der Waals surface area (Å²) in [6.07, 6.45) is -0.805. The van der Waals surface area contributed by atoms with E-state index >= 15 is 0 Å². The van der Waals surface area contributed by atoms with Crippen LogP contribution in [0.4, 0.5) is 18.9 Å². The van der Waals surface area contributed by atoms with Crippen LogP contribution in [-0.2, 0) is 6.18 Å². The second-order valence-corrected chi connectivity index (χ2v) is 5.11. The van der Waals surface area contributed by atoms with Crippen LogP contribution in [0.3, 0.4) is 0 Å². The van der Waals surface area contributed by atoms with Crippen molar-refractivity contribution in [3.63, 3.8) is 0 Å². The van der Waals surface area contributed by atoms with Gasteiger partial charge in [-0.05, 0) is 47.0 Å². The van der Waals surface area contributed by atoms with Gasteiger partial charge in [0, 0.05) is 23.3 Å². The van der Waals surface area contributed by atoms with Crippen molar-refractivity contribution in [2.75, 3.05) is 18.5 Å². The molecule has 0 aliphatic carbocycles. The molecule has 0 saturated carbocycles. The van der Waals surface area contributed by atoms with E-state index in [-0.39, 0.29) is 6.61 Å². The molecule has 0 heterocycles.